The summed E-state index contributed by atoms with van der Waals surface area (Å²) < 4.78 is 5.32. The molecular weight excluding hydrogens is 370 g/mol. The molecule has 30 heavy (non-hydrogen) atoms. The van der Waals surface area contributed by atoms with E-state index < -0.39 is 0 Å². The Bertz CT molecular complexity index is 1320. The maximum Gasteiger partial charge on any atom is 0.138 e. The van der Waals surface area contributed by atoms with Crippen LogP contribution in [0.25, 0.3) is 21.9 Å². The lowest BCUT2D eigenvalue weighted by Crippen LogP contribution is -1.95. The van der Waals surface area contributed by atoms with Crippen molar-refractivity contribution in [2.24, 2.45) is 0 Å². The Morgan fingerprint density at radius 2 is 1.70 bits per heavy atom. The first kappa shape index (κ1) is 18.3. The third-order valence-electron chi connectivity index (χ3n) is 5.63. The van der Waals surface area contributed by atoms with E-state index >= 15 is 0 Å². The van der Waals surface area contributed by atoms with Crippen molar-refractivity contribution >= 4 is 33.3 Å². The van der Waals surface area contributed by atoms with Crippen LogP contribution in [0.4, 0.5) is 11.4 Å². The summed E-state index contributed by atoms with van der Waals surface area (Å²) in [6, 6.07) is 27.3. The number of nitrogens with one attached hydrogen (secondary N) is 2. The topological polar surface area (TPSA) is 49.9 Å². The van der Waals surface area contributed by atoms with Gasteiger partial charge < -0.3 is 15.0 Å². The number of methoxy groups -OCH3 is 1. The molecule has 5 aromatic rings. The molecule has 5 rings (SSSR count). The van der Waals surface area contributed by atoms with Gasteiger partial charge in [-0.25, -0.2) is 4.98 Å². The van der Waals surface area contributed by atoms with Crippen molar-refractivity contribution in [3.05, 3.63) is 96.2 Å². The Kier molecular flexibility index (Phi) is 4.60. The van der Waals surface area contributed by atoms with E-state index in [0.717, 1.165) is 33.7 Å². The summed E-state index contributed by atoms with van der Waals surface area (Å²) in [6.07, 6.45) is 1.85. The van der Waals surface area contributed by atoms with Gasteiger partial charge in [-0.15, -0.1) is 0 Å². The molecule has 1 unspecified atom stereocenters. The zero-order chi connectivity index (χ0) is 20.5. The number of fused-ring (bicyclic) bond motifs is 3. The minimum Gasteiger partial charge on any atom is -0.497 e. The first-order valence-electron chi connectivity index (χ1n) is 10.1. The van der Waals surface area contributed by atoms with E-state index in [1.54, 1.807) is 7.11 Å². The molecule has 148 valence electrons. The molecule has 0 aliphatic carbocycles. The summed E-state index contributed by atoms with van der Waals surface area (Å²) in [4.78, 5) is 8.07. The summed E-state index contributed by atoms with van der Waals surface area (Å²) in [5, 5.41) is 5.73. The molecule has 0 amide bonds. The fourth-order valence-corrected chi connectivity index (χ4v) is 3.93. The zero-order valence-corrected chi connectivity index (χ0v) is 17.0. The molecule has 0 aliphatic rings. The quantitative estimate of drug-likeness (QED) is 0.353. The monoisotopic (exact) mass is 393 g/mol. The van der Waals surface area contributed by atoms with E-state index in [9.17, 15) is 0 Å². The SMILES string of the molecule is COc1cccc(Nc2cnc3[nH]c4ccc(C(C)c5ccccc5)cc4c3c2)c1. The molecule has 0 bridgehead atoms. The molecule has 2 aromatic heterocycles. The van der Waals surface area contributed by atoms with Crippen LogP contribution < -0.4 is 10.1 Å². The Balaban J connectivity index is 1.54. The third kappa shape index (κ3) is 3.37. The van der Waals surface area contributed by atoms with Gasteiger partial charge in [0.05, 0.1) is 19.0 Å². The maximum atomic E-state index is 5.32. The van der Waals surface area contributed by atoms with Crippen LogP contribution in [0, 0.1) is 0 Å². The lowest BCUT2D eigenvalue weighted by atomic mass is 9.92. The largest absolute Gasteiger partial charge is 0.497 e. The fourth-order valence-electron chi connectivity index (χ4n) is 3.93. The minimum atomic E-state index is 0.326. The van der Waals surface area contributed by atoms with E-state index in [4.69, 9.17) is 4.74 Å². The van der Waals surface area contributed by atoms with Crippen molar-refractivity contribution in [3.8, 4) is 5.75 Å². The van der Waals surface area contributed by atoms with E-state index in [0.29, 0.717) is 5.92 Å². The number of benzene rings is 3. The number of hydrogen-bond acceptors (Lipinski definition) is 3. The number of nitrogens with zero attached hydrogens (tertiary/aromatic N) is 1. The van der Waals surface area contributed by atoms with Crippen LogP contribution >= 0.6 is 0 Å². The van der Waals surface area contributed by atoms with E-state index in [1.807, 2.05) is 30.5 Å². The molecule has 0 radical (unpaired) electrons. The van der Waals surface area contributed by atoms with Crippen LogP contribution in [0.1, 0.15) is 24.0 Å². The van der Waals surface area contributed by atoms with Gasteiger partial charge in [-0.1, -0.05) is 49.4 Å². The predicted molar refractivity (Wildman–Crippen MR) is 124 cm³/mol. The second-order valence-corrected chi connectivity index (χ2v) is 7.54. The molecule has 0 saturated carbocycles. The van der Waals surface area contributed by atoms with E-state index in [-0.39, 0.29) is 0 Å². The van der Waals surface area contributed by atoms with Gasteiger partial charge in [0.1, 0.15) is 11.4 Å². The summed E-state index contributed by atoms with van der Waals surface area (Å²) in [5.41, 5.74) is 6.51. The van der Waals surface area contributed by atoms with Gasteiger partial charge in [-0.3, -0.25) is 0 Å². The van der Waals surface area contributed by atoms with Gasteiger partial charge in [-0.2, -0.15) is 0 Å². The molecule has 0 saturated heterocycles. The van der Waals surface area contributed by atoms with Crippen molar-refractivity contribution in [2.45, 2.75) is 12.8 Å². The standard InChI is InChI=1S/C26H23N3O/c1-17(18-7-4-3-5-8-18)19-11-12-25-23(13-19)24-15-21(16-27-26(24)29-25)28-20-9-6-10-22(14-20)30-2/h3-17,28H,1-2H3,(H,27,29). The fraction of sp³-hybridized carbons (Fsp3) is 0.115. The highest BCUT2D eigenvalue weighted by Crippen LogP contribution is 2.32. The highest BCUT2D eigenvalue weighted by atomic mass is 16.5. The molecule has 3 aromatic carbocycles. The van der Waals surface area contributed by atoms with E-state index in [2.05, 4.69) is 76.8 Å². The van der Waals surface area contributed by atoms with Crippen LogP contribution in [0.5, 0.6) is 5.75 Å². The Hall–Kier alpha value is -3.79. The van der Waals surface area contributed by atoms with Crippen LogP contribution in [0.2, 0.25) is 0 Å². The molecule has 0 aliphatic heterocycles. The van der Waals surface area contributed by atoms with Gasteiger partial charge >= 0.3 is 0 Å². The summed E-state index contributed by atoms with van der Waals surface area (Å²) in [7, 11) is 1.67. The number of rotatable bonds is 5. The third-order valence-corrected chi connectivity index (χ3v) is 5.63. The molecule has 0 spiro atoms. The molecule has 0 fully saturated rings. The van der Waals surface area contributed by atoms with Crippen molar-refractivity contribution < 1.29 is 4.74 Å². The first-order valence-corrected chi connectivity index (χ1v) is 10.1. The average Bonchev–Trinajstić information content (AvgIpc) is 3.16. The zero-order valence-electron chi connectivity index (χ0n) is 17.0. The number of aromatic nitrogens is 2. The molecule has 1 atom stereocenters. The normalized spacial score (nSPS) is 12.2. The lowest BCUT2D eigenvalue weighted by molar-refractivity contribution is 0.415. The van der Waals surface area contributed by atoms with Crippen molar-refractivity contribution in [3.63, 3.8) is 0 Å². The van der Waals surface area contributed by atoms with Gasteiger partial charge in [0.2, 0.25) is 0 Å². The summed E-state index contributed by atoms with van der Waals surface area (Å²) in [5.74, 6) is 1.15. The smallest absolute Gasteiger partial charge is 0.138 e. The minimum absolute atomic E-state index is 0.326. The Morgan fingerprint density at radius 1 is 0.833 bits per heavy atom. The number of ether oxygens (including phenoxy) is 1. The second-order valence-electron chi connectivity index (χ2n) is 7.54. The molecular formula is C26H23N3O. The molecule has 4 heteroatoms. The van der Waals surface area contributed by atoms with Gasteiger partial charge in [-0.05, 0) is 41.5 Å². The summed E-state index contributed by atoms with van der Waals surface area (Å²) >= 11 is 0. The molecule has 2 heterocycles. The number of aromatic amines is 1. The van der Waals surface area contributed by atoms with Gasteiger partial charge in [0.25, 0.3) is 0 Å². The first-order chi connectivity index (χ1) is 14.7. The van der Waals surface area contributed by atoms with E-state index in [1.165, 1.54) is 16.5 Å². The Labute approximate surface area is 175 Å². The highest BCUT2D eigenvalue weighted by molar-refractivity contribution is 6.07. The van der Waals surface area contributed by atoms with Gasteiger partial charge in [0.15, 0.2) is 0 Å². The Morgan fingerprint density at radius 3 is 2.53 bits per heavy atom. The number of pyridine rings is 1. The molecule has 2 N–H and O–H groups in total. The van der Waals surface area contributed by atoms with Crippen LogP contribution in [-0.2, 0) is 0 Å². The van der Waals surface area contributed by atoms with Crippen molar-refractivity contribution in [2.75, 3.05) is 12.4 Å². The summed E-state index contributed by atoms with van der Waals surface area (Å²) in [6.45, 7) is 2.25. The van der Waals surface area contributed by atoms with Crippen LogP contribution in [-0.4, -0.2) is 17.1 Å². The second kappa shape index (κ2) is 7.56. The highest BCUT2D eigenvalue weighted by Gasteiger charge is 2.12. The predicted octanol–water partition coefficient (Wildman–Crippen LogP) is 6.62. The maximum absolute atomic E-state index is 5.32. The number of hydrogen-bond donors (Lipinski definition) is 2. The van der Waals surface area contributed by atoms with Crippen molar-refractivity contribution in [1.82, 2.24) is 9.97 Å². The average molecular weight is 393 g/mol. The van der Waals surface area contributed by atoms with Gasteiger partial charge in [0, 0.05) is 34.0 Å². The van der Waals surface area contributed by atoms with Crippen LogP contribution in [0.3, 0.4) is 0 Å². The van der Waals surface area contributed by atoms with Crippen LogP contribution in [0.15, 0.2) is 85.1 Å². The molecule has 4 nitrogen and oxygen atoms in total. The number of H-pyrrole nitrogens is 1. The lowest BCUT2D eigenvalue weighted by Gasteiger charge is -2.12. The van der Waals surface area contributed by atoms with Crippen molar-refractivity contribution in [1.29, 1.82) is 0 Å². The number of anilines is 2.